The summed E-state index contributed by atoms with van der Waals surface area (Å²) < 4.78 is 0. The van der Waals surface area contributed by atoms with Crippen LogP contribution in [0.15, 0.2) is 22.5 Å². The smallest absolute Gasteiger partial charge is 0.261 e. The van der Waals surface area contributed by atoms with E-state index in [2.05, 4.69) is 27.9 Å². The van der Waals surface area contributed by atoms with Gasteiger partial charge in [-0.2, -0.15) is 0 Å². The lowest BCUT2D eigenvalue weighted by Gasteiger charge is -2.11. The summed E-state index contributed by atoms with van der Waals surface area (Å²) in [6.45, 7) is 4.59. The van der Waals surface area contributed by atoms with E-state index in [9.17, 15) is 4.79 Å². The number of amides is 1. The molecule has 0 unspecified atom stereocenters. The molecule has 0 bridgehead atoms. The van der Waals surface area contributed by atoms with Gasteiger partial charge >= 0.3 is 0 Å². The molecule has 7 heteroatoms. The Kier molecular flexibility index (Phi) is 13.3. The highest BCUT2D eigenvalue weighted by Crippen LogP contribution is 2.07. The molecule has 22 heavy (non-hydrogen) atoms. The number of aliphatic imine (C=N–C) groups is 1. The van der Waals surface area contributed by atoms with Crippen molar-refractivity contribution in [1.29, 1.82) is 0 Å². The van der Waals surface area contributed by atoms with Gasteiger partial charge in [0.05, 0.1) is 4.88 Å². The second kappa shape index (κ2) is 13.8. The standard InChI is InChI=1S/C15H26N4OS.HI/c1-3-4-5-9-18-15(16-2)19-11-7-10-17-14(20)13-8-6-12-21-13;/h6,8,12H,3-5,7,9-11H2,1-2H3,(H,17,20)(H2,16,18,19);1H. The summed E-state index contributed by atoms with van der Waals surface area (Å²) in [6.07, 6.45) is 4.48. The fraction of sp³-hybridized carbons (Fsp3) is 0.600. The molecule has 0 atom stereocenters. The van der Waals surface area contributed by atoms with Crippen LogP contribution in [0.5, 0.6) is 0 Å². The topological polar surface area (TPSA) is 65.5 Å². The largest absolute Gasteiger partial charge is 0.356 e. The van der Waals surface area contributed by atoms with Gasteiger partial charge in [0.25, 0.3) is 5.91 Å². The maximum atomic E-state index is 11.7. The SMILES string of the molecule is CCCCCNC(=NC)NCCCNC(=O)c1cccs1.I. The fourth-order valence-electron chi connectivity index (χ4n) is 1.79. The van der Waals surface area contributed by atoms with Crippen molar-refractivity contribution in [2.45, 2.75) is 32.6 Å². The summed E-state index contributed by atoms with van der Waals surface area (Å²) in [4.78, 5) is 16.6. The predicted octanol–water partition coefficient (Wildman–Crippen LogP) is 2.84. The second-order valence-electron chi connectivity index (χ2n) is 4.72. The summed E-state index contributed by atoms with van der Waals surface area (Å²) in [6, 6.07) is 3.72. The van der Waals surface area contributed by atoms with Gasteiger partial charge in [-0.05, 0) is 24.3 Å². The summed E-state index contributed by atoms with van der Waals surface area (Å²) in [5, 5.41) is 11.3. The number of hydrogen-bond acceptors (Lipinski definition) is 3. The van der Waals surface area contributed by atoms with Crippen LogP contribution in [0.25, 0.3) is 0 Å². The van der Waals surface area contributed by atoms with E-state index in [1.54, 1.807) is 7.05 Å². The van der Waals surface area contributed by atoms with Crippen molar-refractivity contribution in [3.63, 3.8) is 0 Å². The molecule has 5 nitrogen and oxygen atoms in total. The Morgan fingerprint density at radius 3 is 2.41 bits per heavy atom. The van der Waals surface area contributed by atoms with E-state index in [0.29, 0.717) is 6.54 Å². The highest BCUT2D eigenvalue weighted by atomic mass is 127. The summed E-state index contributed by atoms with van der Waals surface area (Å²) in [5.74, 6) is 0.836. The summed E-state index contributed by atoms with van der Waals surface area (Å²) >= 11 is 1.46. The predicted molar refractivity (Wildman–Crippen MR) is 106 cm³/mol. The van der Waals surface area contributed by atoms with Crippen molar-refractivity contribution in [3.8, 4) is 0 Å². The van der Waals surface area contributed by atoms with E-state index in [0.717, 1.165) is 36.8 Å². The summed E-state index contributed by atoms with van der Waals surface area (Å²) in [7, 11) is 1.77. The number of nitrogens with zero attached hydrogens (tertiary/aromatic N) is 1. The Hall–Kier alpha value is -0.830. The van der Waals surface area contributed by atoms with Crippen LogP contribution in [0, 0.1) is 0 Å². The van der Waals surface area contributed by atoms with Crippen LogP contribution in [0.3, 0.4) is 0 Å². The van der Waals surface area contributed by atoms with E-state index >= 15 is 0 Å². The molecule has 0 radical (unpaired) electrons. The van der Waals surface area contributed by atoms with Gasteiger partial charge in [0, 0.05) is 26.7 Å². The molecular formula is C15H27IN4OS. The first-order valence-corrected chi connectivity index (χ1v) is 8.42. The number of carbonyl (C=O) groups excluding carboxylic acids is 1. The molecule has 0 aliphatic heterocycles. The van der Waals surface area contributed by atoms with Crippen molar-refractivity contribution in [2.75, 3.05) is 26.7 Å². The third kappa shape index (κ3) is 9.24. The number of carbonyl (C=O) groups is 1. The van der Waals surface area contributed by atoms with Crippen molar-refractivity contribution in [1.82, 2.24) is 16.0 Å². The molecule has 0 saturated carbocycles. The van der Waals surface area contributed by atoms with Gasteiger partial charge in [0.2, 0.25) is 0 Å². The molecule has 1 amide bonds. The van der Waals surface area contributed by atoms with Gasteiger partial charge in [-0.3, -0.25) is 9.79 Å². The van der Waals surface area contributed by atoms with Crippen LogP contribution >= 0.6 is 35.3 Å². The molecule has 0 aliphatic rings. The average molecular weight is 438 g/mol. The number of nitrogens with one attached hydrogen (secondary N) is 3. The van der Waals surface area contributed by atoms with Crippen molar-refractivity contribution < 1.29 is 4.79 Å². The lowest BCUT2D eigenvalue weighted by atomic mass is 10.2. The minimum Gasteiger partial charge on any atom is -0.356 e. The third-order valence-corrected chi connectivity index (χ3v) is 3.84. The first kappa shape index (κ1) is 21.2. The zero-order valence-corrected chi connectivity index (χ0v) is 16.5. The Bertz CT molecular complexity index is 423. The van der Waals surface area contributed by atoms with E-state index in [-0.39, 0.29) is 29.9 Å². The van der Waals surface area contributed by atoms with E-state index in [1.807, 2.05) is 17.5 Å². The van der Waals surface area contributed by atoms with Crippen LogP contribution in [-0.4, -0.2) is 38.5 Å². The van der Waals surface area contributed by atoms with Gasteiger partial charge < -0.3 is 16.0 Å². The Morgan fingerprint density at radius 2 is 1.82 bits per heavy atom. The first-order valence-electron chi connectivity index (χ1n) is 7.54. The number of guanidine groups is 1. The molecule has 0 saturated heterocycles. The van der Waals surface area contributed by atoms with Gasteiger partial charge in [-0.25, -0.2) is 0 Å². The molecule has 3 N–H and O–H groups in total. The number of rotatable bonds is 9. The van der Waals surface area contributed by atoms with Crippen LogP contribution in [0.1, 0.15) is 42.3 Å². The fourth-order valence-corrected chi connectivity index (χ4v) is 2.43. The molecule has 1 rings (SSSR count). The molecule has 1 aromatic heterocycles. The highest BCUT2D eigenvalue weighted by molar-refractivity contribution is 14.0. The maximum absolute atomic E-state index is 11.7. The van der Waals surface area contributed by atoms with Crippen molar-refractivity contribution in [3.05, 3.63) is 22.4 Å². The molecule has 0 fully saturated rings. The minimum atomic E-state index is 0. The normalized spacial score (nSPS) is 10.7. The van der Waals surface area contributed by atoms with Crippen LogP contribution in [-0.2, 0) is 0 Å². The van der Waals surface area contributed by atoms with E-state index < -0.39 is 0 Å². The zero-order chi connectivity index (χ0) is 15.3. The maximum Gasteiger partial charge on any atom is 0.261 e. The second-order valence-corrected chi connectivity index (χ2v) is 5.67. The molecule has 0 aromatic carbocycles. The van der Waals surface area contributed by atoms with Crippen LogP contribution < -0.4 is 16.0 Å². The van der Waals surface area contributed by atoms with Gasteiger partial charge in [-0.15, -0.1) is 35.3 Å². The molecule has 1 aromatic rings. The van der Waals surface area contributed by atoms with Crippen molar-refractivity contribution >= 4 is 47.2 Å². The Balaban J connectivity index is 0.00000441. The highest BCUT2D eigenvalue weighted by Gasteiger charge is 2.04. The van der Waals surface area contributed by atoms with Crippen LogP contribution in [0.4, 0.5) is 0 Å². The monoisotopic (exact) mass is 438 g/mol. The summed E-state index contributed by atoms with van der Waals surface area (Å²) in [5.41, 5.74) is 0. The first-order chi connectivity index (χ1) is 10.3. The van der Waals surface area contributed by atoms with E-state index in [1.165, 1.54) is 24.2 Å². The molecule has 1 heterocycles. The van der Waals surface area contributed by atoms with Gasteiger partial charge in [0.15, 0.2) is 5.96 Å². The van der Waals surface area contributed by atoms with Gasteiger partial charge in [0.1, 0.15) is 0 Å². The Labute approximate surface area is 154 Å². The lowest BCUT2D eigenvalue weighted by Crippen LogP contribution is -2.39. The molecule has 0 aliphatic carbocycles. The quantitative estimate of drug-likeness (QED) is 0.241. The van der Waals surface area contributed by atoms with Crippen LogP contribution in [0.2, 0.25) is 0 Å². The zero-order valence-electron chi connectivity index (χ0n) is 13.4. The van der Waals surface area contributed by atoms with Gasteiger partial charge in [-0.1, -0.05) is 25.8 Å². The number of thiophene rings is 1. The molecule has 126 valence electrons. The third-order valence-electron chi connectivity index (χ3n) is 2.97. The van der Waals surface area contributed by atoms with Crippen molar-refractivity contribution in [2.24, 2.45) is 4.99 Å². The minimum absolute atomic E-state index is 0. The number of halogens is 1. The Morgan fingerprint density at radius 1 is 1.14 bits per heavy atom. The number of unbranched alkanes of at least 4 members (excludes halogenated alkanes) is 2. The molecular weight excluding hydrogens is 411 g/mol. The lowest BCUT2D eigenvalue weighted by molar-refractivity contribution is 0.0957. The molecule has 0 spiro atoms. The number of hydrogen-bond donors (Lipinski definition) is 3. The average Bonchev–Trinajstić information content (AvgIpc) is 3.03. The van der Waals surface area contributed by atoms with E-state index in [4.69, 9.17) is 0 Å².